The van der Waals surface area contributed by atoms with Crippen LogP contribution in [0.25, 0.3) is 0 Å². The van der Waals surface area contributed by atoms with E-state index in [0.29, 0.717) is 22.2 Å². The molecule has 1 amide bonds. The lowest BCUT2D eigenvalue weighted by Gasteiger charge is -2.17. The fourth-order valence-electron chi connectivity index (χ4n) is 1.20. The molecule has 4 heteroatoms. The summed E-state index contributed by atoms with van der Waals surface area (Å²) in [5, 5.41) is 3.37. The van der Waals surface area contributed by atoms with Crippen molar-refractivity contribution in [1.82, 2.24) is 5.32 Å². The summed E-state index contributed by atoms with van der Waals surface area (Å²) >= 11 is 5.83. The SMILES string of the molecule is CC(C)C(C)NC(=O)c1cc(N)cc(Cl)c1. The van der Waals surface area contributed by atoms with Gasteiger partial charge in [0.2, 0.25) is 0 Å². The molecule has 0 aliphatic carbocycles. The van der Waals surface area contributed by atoms with Crippen LogP contribution in [0.2, 0.25) is 5.02 Å². The van der Waals surface area contributed by atoms with Gasteiger partial charge >= 0.3 is 0 Å². The van der Waals surface area contributed by atoms with E-state index in [1.165, 1.54) is 0 Å². The molecule has 1 aromatic rings. The summed E-state index contributed by atoms with van der Waals surface area (Å²) in [4.78, 5) is 11.8. The molecule has 0 fully saturated rings. The van der Waals surface area contributed by atoms with E-state index in [1.54, 1.807) is 18.2 Å². The van der Waals surface area contributed by atoms with Gasteiger partial charge in [0, 0.05) is 22.3 Å². The van der Waals surface area contributed by atoms with Crippen LogP contribution in [-0.2, 0) is 0 Å². The van der Waals surface area contributed by atoms with Crippen LogP contribution in [0.5, 0.6) is 0 Å². The molecule has 0 radical (unpaired) electrons. The van der Waals surface area contributed by atoms with E-state index < -0.39 is 0 Å². The summed E-state index contributed by atoms with van der Waals surface area (Å²) in [6, 6.07) is 4.96. The largest absolute Gasteiger partial charge is 0.399 e. The number of carbonyl (C=O) groups excluding carboxylic acids is 1. The van der Waals surface area contributed by atoms with Crippen molar-refractivity contribution in [3.63, 3.8) is 0 Å². The molecule has 0 aliphatic rings. The zero-order valence-corrected chi connectivity index (χ0v) is 10.5. The lowest BCUT2D eigenvalue weighted by Crippen LogP contribution is -2.36. The lowest BCUT2D eigenvalue weighted by atomic mass is 10.1. The zero-order valence-electron chi connectivity index (χ0n) is 9.75. The van der Waals surface area contributed by atoms with E-state index in [1.807, 2.05) is 6.92 Å². The number of nitrogens with one attached hydrogen (secondary N) is 1. The van der Waals surface area contributed by atoms with Crippen LogP contribution in [-0.4, -0.2) is 11.9 Å². The maximum Gasteiger partial charge on any atom is 0.251 e. The number of nitrogens with two attached hydrogens (primary N) is 1. The summed E-state index contributed by atoms with van der Waals surface area (Å²) in [5.74, 6) is 0.246. The van der Waals surface area contributed by atoms with Crippen LogP contribution in [0.3, 0.4) is 0 Å². The predicted octanol–water partition coefficient (Wildman–Crippen LogP) is 2.70. The van der Waals surface area contributed by atoms with Crippen molar-refractivity contribution in [3.8, 4) is 0 Å². The highest BCUT2D eigenvalue weighted by Crippen LogP contribution is 2.16. The van der Waals surface area contributed by atoms with Crippen molar-refractivity contribution in [2.75, 3.05) is 5.73 Å². The van der Waals surface area contributed by atoms with Gasteiger partial charge in [-0.25, -0.2) is 0 Å². The van der Waals surface area contributed by atoms with E-state index in [9.17, 15) is 4.79 Å². The Kier molecular flexibility index (Phi) is 4.19. The minimum Gasteiger partial charge on any atom is -0.399 e. The van der Waals surface area contributed by atoms with E-state index in [-0.39, 0.29) is 11.9 Å². The molecule has 0 spiro atoms. The van der Waals surface area contributed by atoms with Crippen molar-refractivity contribution in [3.05, 3.63) is 28.8 Å². The van der Waals surface area contributed by atoms with Crippen LogP contribution < -0.4 is 11.1 Å². The molecule has 1 atom stereocenters. The van der Waals surface area contributed by atoms with E-state index in [4.69, 9.17) is 17.3 Å². The molecule has 0 aromatic heterocycles. The van der Waals surface area contributed by atoms with Crippen LogP contribution >= 0.6 is 11.6 Å². The van der Waals surface area contributed by atoms with Crippen LogP contribution in [0, 0.1) is 5.92 Å². The molecule has 0 bridgehead atoms. The first-order chi connectivity index (χ1) is 7.40. The van der Waals surface area contributed by atoms with Gasteiger partial charge in [0.05, 0.1) is 0 Å². The molecule has 0 saturated heterocycles. The first-order valence-corrected chi connectivity index (χ1v) is 5.65. The quantitative estimate of drug-likeness (QED) is 0.799. The summed E-state index contributed by atoms with van der Waals surface area (Å²) in [6.45, 7) is 6.07. The van der Waals surface area contributed by atoms with E-state index in [2.05, 4.69) is 19.2 Å². The summed E-state index contributed by atoms with van der Waals surface area (Å²) in [6.07, 6.45) is 0. The second kappa shape index (κ2) is 5.21. The first kappa shape index (κ1) is 12.8. The lowest BCUT2D eigenvalue weighted by molar-refractivity contribution is 0.0930. The molecular weight excluding hydrogens is 224 g/mol. The maximum absolute atomic E-state index is 11.8. The Morgan fingerprint density at radius 1 is 1.31 bits per heavy atom. The van der Waals surface area contributed by atoms with Gasteiger partial charge in [0.1, 0.15) is 0 Å². The number of benzene rings is 1. The smallest absolute Gasteiger partial charge is 0.251 e. The second-order valence-electron chi connectivity index (χ2n) is 4.28. The molecule has 3 nitrogen and oxygen atoms in total. The highest BCUT2D eigenvalue weighted by Gasteiger charge is 2.13. The van der Waals surface area contributed by atoms with Gasteiger partial charge < -0.3 is 11.1 Å². The van der Waals surface area contributed by atoms with Gasteiger partial charge in [-0.2, -0.15) is 0 Å². The molecular formula is C12H17ClN2O. The minimum atomic E-state index is -0.143. The van der Waals surface area contributed by atoms with Crippen LogP contribution in [0.1, 0.15) is 31.1 Å². The van der Waals surface area contributed by atoms with Gasteiger partial charge in [0.15, 0.2) is 0 Å². The third-order valence-corrected chi connectivity index (χ3v) is 2.76. The number of hydrogen-bond donors (Lipinski definition) is 2. The Morgan fingerprint density at radius 2 is 1.94 bits per heavy atom. The van der Waals surface area contributed by atoms with Gasteiger partial charge in [-0.3, -0.25) is 4.79 Å². The molecule has 0 heterocycles. The fourth-order valence-corrected chi connectivity index (χ4v) is 1.44. The van der Waals surface area contributed by atoms with Gasteiger partial charge in [-0.05, 0) is 31.0 Å². The normalized spacial score (nSPS) is 12.6. The third kappa shape index (κ3) is 3.42. The van der Waals surface area contributed by atoms with Crippen molar-refractivity contribution in [2.45, 2.75) is 26.8 Å². The summed E-state index contributed by atoms with van der Waals surface area (Å²) in [7, 11) is 0. The Balaban J connectivity index is 2.80. The highest BCUT2D eigenvalue weighted by molar-refractivity contribution is 6.31. The van der Waals surface area contributed by atoms with Crippen molar-refractivity contribution in [2.24, 2.45) is 5.92 Å². The monoisotopic (exact) mass is 240 g/mol. The van der Waals surface area contributed by atoms with Crippen molar-refractivity contribution < 1.29 is 4.79 Å². The Labute approximate surface area is 101 Å². The average molecular weight is 241 g/mol. The number of nitrogen functional groups attached to an aromatic ring is 1. The van der Waals surface area contributed by atoms with Gasteiger partial charge in [-0.15, -0.1) is 0 Å². The molecule has 1 rings (SSSR count). The van der Waals surface area contributed by atoms with Crippen molar-refractivity contribution >= 4 is 23.2 Å². The van der Waals surface area contributed by atoms with Gasteiger partial charge in [-0.1, -0.05) is 25.4 Å². The Morgan fingerprint density at radius 3 is 2.44 bits per heavy atom. The number of rotatable bonds is 3. The molecule has 3 N–H and O–H groups in total. The molecule has 88 valence electrons. The number of halogens is 1. The maximum atomic E-state index is 11.8. The minimum absolute atomic E-state index is 0.118. The Hall–Kier alpha value is -1.22. The molecule has 16 heavy (non-hydrogen) atoms. The second-order valence-corrected chi connectivity index (χ2v) is 4.72. The molecule has 0 saturated carbocycles. The molecule has 1 aromatic carbocycles. The van der Waals surface area contributed by atoms with Crippen LogP contribution in [0.15, 0.2) is 18.2 Å². The van der Waals surface area contributed by atoms with Crippen LogP contribution in [0.4, 0.5) is 5.69 Å². The zero-order chi connectivity index (χ0) is 12.3. The number of carbonyl (C=O) groups is 1. The fraction of sp³-hybridized carbons (Fsp3) is 0.417. The third-order valence-electron chi connectivity index (χ3n) is 2.54. The molecule has 0 aliphatic heterocycles. The topological polar surface area (TPSA) is 55.1 Å². The summed E-state index contributed by atoms with van der Waals surface area (Å²) < 4.78 is 0. The van der Waals surface area contributed by atoms with Gasteiger partial charge in [0.25, 0.3) is 5.91 Å². The predicted molar refractivity (Wildman–Crippen MR) is 67.6 cm³/mol. The summed E-state index contributed by atoms with van der Waals surface area (Å²) in [5.41, 5.74) is 6.62. The number of amides is 1. The first-order valence-electron chi connectivity index (χ1n) is 5.27. The number of anilines is 1. The highest BCUT2D eigenvalue weighted by atomic mass is 35.5. The Bertz CT molecular complexity index is 370. The van der Waals surface area contributed by atoms with Crippen molar-refractivity contribution in [1.29, 1.82) is 0 Å². The average Bonchev–Trinajstić information content (AvgIpc) is 2.15. The van der Waals surface area contributed by atoms with E-state index in [0.717, 1.165) is 0 Å². The standard InChI is InChI=1S/C12H17ClN2O/c1-7(2)8(3)15-12(16)9-4-10(13)6-11(14)5-9/h4-8H,14H2,1-3H3,(H,15,16). The number of hydrogen-bond acceptors (Lipinski definition) is 2. The van der Waals surface area contributed by atoms with E-state index >= 15 is 0 Å². The molecule has 1 unspecified atom stereocenters.